The number of likely N-dealkylation sites (N-methyl/N-ethyl adjacent to an activating group) is 1. The molecule has 0 aliphatic carbocycles. The van der Waals surface area contributed by atoms with Crippen LogP contribution in [0.5, 0.6) is 5.75 Å². The molecule has 24 heavy (non-hydrogen) atoms. The second-order valence-electron chi connectivity index (χ2n) is 6.16. The number of rotatable bonds is 6. The summed E-state index contributed by atoms with van der Waals surface area (Å²) in [6.45, 7) is 3.24. The molecule has 4 heteroatoms. The number of ether oxygens (including phenoxy) is 1. The molecule has 1 aromatic heterocycles. The van der Waals surface area contributed by atoms with Gasteiger partial charge in [-0.25, -0.2) is 4.39 Å². The lowest BCUT2D eigenvalue weighted by Crippen LogP contribution is -2.10. The fourth-order valence-corrected chi connectivity index (χ4v) is 2.95. The van der Waals surface area contributed by atoms with Crippen molar-refractivity contribution in [3.8, 4) is 5.75 Å². The van der Waals surface area contributed by atoms with E-state index in [4.69, 9.17) is 4.74 Å². The molecule has 0 saturated carbocycles. The number of aromatic nitrogens is 1. The molecule has 3 rings (SSSR count). The van der Waals surface area contributed by atoms with Crippen molar-refractivity contribution in [3.05, 3.63) is 65.1 Å². The third-order valence-electron chi connectivity index (χ3n) is 4.29. The van der Waals surface area contributed by atoms with Gasteiger partial charge in [0.1, 0.15) is 6.61 Å². The molecule has 0 saturated heterocycles. The zero-order chi connectivity index (χ0) is 17.1. The van der Waals surface area contributed by atoms with Gasteiger partial charge in [-0.15, -0.1) is 0 Å². The zero-order valence-electron chi connectivity index (χ0n) is 14.4. The molecule has 0 atom stereocenters. The van der Waals surface area contributed by atoms with E-state index in [1.807, 2.05) is 55.9 Å². The van der Waals surface area contributed by atoms with Crippen molar-refractivity contribution < 1.29 is 9.13 Å². The van der Waals surface area contributed by atoms with Gasteiger partial charge in [0.15, 0.2) is 11.6 Å². The molecule has 0 radical (unpaired) electrons. The van der Waals surface area contributed by atoms with E-state index in [1.54, 1.807) is 0 Å². The first-order chi connectivity index (χ1) is 11.6. The first-order valence-electron chi connectivity index (χ1n) is 8.19. The van der Waals surface area contributed by atoms with Crippen LogP contribution in [0.4, 0.5) is 4.39 Å². The SMILES string of the molecule is CNCCc1cn(C)c2ccc(F)c(OCc3ccc(C)cc3)c12. The summed E-state index contributed by atoms with van der Waals surface area (Å²) in [5, 5.41) is 4.02. The summed E-state index contributed by atoms with van der Waals surface area (Å²) in [6.07, 6.45) is 2.89. The highest BCUT2D eigenvalue weighted by molar-refractivity contribution is 5.90. The van der Waals surface area contributed by atoms with Crippen LogP contribution in [0.1, 0.15) is 16.7 Å². The molecule has 0 bridgehead atoms. The Morgan fingerprint density at radius 1 is 1.12 bits per heavy atom. The van der Waals surface area contributed by atoms with E-state index in [1.165, 1.54) is 11.6 Å². The van der Waals surface area contributed by atoms with Gasteiger partial charge in [0.2, 0.25) is 0 Å². The van der Waals surface area contributed by atoms with Crippen molar-refractivity contribution in [3.63, 3.8) is 0 Å². The van der Waals surface area contributed by atoms with Gasteiger partial charge in [0.05, 0.1) is 5.52 Å². The third kappa shape index (κ3) is 3.29. The Hall–Kier alpha value is -2.33. The number of benzene rings is 2. The molecule has 0 amide bonds. The van der Waals surface area contributed by atoms with Crippen LogP contribution >= 0.6 is 0 Å². The number of hydrogen-bond donors (Lipinski definition) is 1. The Balaban J connectivity index is 1.95. The van der Waals surface area contributed by atoms with Crippen molar-refractivity contribution >= 4 is 10.9 Å². The van der Waals surface area contributed by atoms with E-state index in [0.717, 1.165) is 35.0 Å². The minimum absolute atomic E-state index is 0.313. The van der Waals surface area contributed by atoms with Crippen molar-refractivity contribution in [2.75, 3.05) is 13.6 Å². The Morgan fingerprint density at radius 3 is 2.58 bits per heavy atom. The Kier molecular flexibility index (Phi) is 4.86. The number of halogens is 1. The molecule has 0 fully saturated rings. The Labute approximate surface area is 142 Å². The Bertz CT molecular complexity index is 837. The van der Waals surface area contributed by atoms with Gasteiger partial charge in [-0.05, 0) is 50.2 Å². The summed E-state index contributed by atoms with van der Waals surface area (Å²) in [5.74, 6) is 0.0336. The predicted octanol–water partition coefficient (Wildman–Crippen LogP) is 3.97. The average Bonchev–Trinajstić information content (AvgIpc) is 2.90. The summed E-state index contributed by atoms with van der Waals surface area (Å²) >= 11 is 0. The first-order valence-corrected chi connectivity index (χ1v) is 8.19. The van der Waals surface area contributed by atoms with E-state index >= 15 is 0 Å². The average molecular weight is 326 g/mol. The molecule has 0 aliphatic rings. The maximum Gasteiger partial charge on any atom is 0.165 e. The molecule has 0 aliphatic heterocycles. The third-order valence-corrected chi connectivity index (χ3v) is 4.29. The monoisotopic (exact) mass is 326 g/mol. The molecule has 126 valence electrons. The van der Waals surface area contributed by atoms with E-state index in [0.29, 0.717) is 12.4 Å². The van der Waals surface area contributed by atoms with Crippen molar-refractivity contribution in [1.29, 1.82) is 0 Å². The molecule has 0 unspecified atom stereocenters. The van der Waals surface area contributed by atoms with Crippen molar-refractivity contribution in [2.24, 2.45) is 7.05 Å². The summed E-state index contributed by atoms with van der Waals surface area (Å²) < 4.78 is 22.4. The van der Waals surface area contributed by atoms with Crippen LogP contribution in [-0.2, 0) is 20.1 Å². The van der Waals surface area contributed by atoms with E-state index < -0.39 is 0 Å². The van der Waals surface area contributed by atoms with Gasteiger partial charge in [-0.2, -0.15) is 0 Å². The van der Waals surface area contributed by atoms with Crippen molar-refractivity contribution in [2.45, 2.75) is 20.0 Å². The summed E-state index contributed by atoms with van der Waals surface area (Å²) in [6, 6.07) is 11.4. The number of nitrogens with zero attached hydrogens (tertiary/aromatic N) is 1. The summed E-state index contributed by atoms with van der Waals surface area (Å²) in [5.41, 5.74) is 4.32. The smallest absolute Gasteiger partial charge is 0.165 e. The quantitative estimate of drug-likeness (QED) is 0.742. The predicted molar refractivity (Wildman–Crippen MR) is 96.0 cm³/mol. The highest BCUT2D eigenvalue weighted by Gasteiger charge is 2.16. The number of fused-ring (bicyclic) bond motifs is 1. The summed E-state index contributed by atoms with van der Waals surface area (Å²) in [7, 11) is 3.90. The molecule has 0 spiro atoms. The lowest BCUT2D eigenvalue weighted by molar-refractivity contribution is 0.294. The van der Waals surface area contributed by atoms with Gasteiger partial charge >= 0.3 is 0 Å². The second kappa shape index (κ2) is 7.05. The molecular weight excluding hydrogens is 303 g/mol. The molecule has 1 heterocycles. The maximum absolute atomic E-state index is 14.4. The number of aryl methyl sites for hydroxylation is 2. The van der Waals surface area contributed by atoms with Crippen LogP contribution < -0.4 is 10.1 Å². The number of hydrogen-bond acceptors (Lipinski definition) is 2. The lowest BCUT2D eigenvalue weighted by Gasteiger charge is -2.11. The van der Waals surface area contributed by atoms with Crippen molar-refractivity contribution in [1.82, 2.24) is 9.88 Å². The molecule has 2 aromatic carbocycles. The van der Waals surface area contributed by atoms with Crippen LogP contribution in [0, 0.1) is 12.7 Å². The lowest BCUT2D eigenvalue weighted by atomic mass is 10.1. The minimum Gasteiger partial charge on any atom is -0.485 e. The molecule has 1 N–H and O–H groups in total. The zero-order valence-corrected chi connectivity index (χ0v) is 14.4. The highest BCUT2D eigenvalue weighted by Crippen LogP contribution is 2.33. The van der Waals surface area contributed by atoms with Gasteiger partial charge in [0.25, 0.3) is 0 Å². The van der Waals surface area contributed by atoms with Gasteiger partial charge in [-0.1, -0.05) is 29.8 Å². The topological polar surface area (TPSA) is 26.2 Å². The summed E-state index contributed by atoms with van der Waals surface area (Å²) in [4.78, 5) is 0. The van der Waals surface area contributed by atoms with Crippen LogP contribution in [0.15, 0.2) is 42.6 Å². The fourth-order valence-electron chi connectivity index (χ4n) is 2.95. The standard InChI is InChI=1S/C20H23FN2O/c1-14-4-6-15(7-5-14)13-24-20-17(21)8-9-18-19(20)16(10-11-22-2)12-23(18)3/h4-9,12,22H,10-11,13H2,1-3H3. The van der Waals surface area contributed by atoms with Crippen LogP contribution in [0.3, 0.4) is 0 Å². The van der Waals surface area contributed by atoms with Crippen LogP contribution in [0.2, 0.25) is 0 Å². The molecular formula is C20H23FN2O. The normalized spacial score (nSPS) is 11.2. The molecule has 3 aromatic rings. The van der Waals surface area contributed by atoms with Gasteiger partial charge in [0, 0.05) is 18.6 Å². The second-order valence-corrected chi connectivity index (χ2v) is 6.16. The van der Waals surface area contributed by atoms with Gasteiger partial charge in [-0.3, -0.25) is 0 Å². The van der Waals surface area contributed by atoms with E-state index in [9.17, 15) is 4.39 Å². The van der Waals surface area contributed by atoms with Crippen LogP contribution in [-0.4, -0.2) is 18.2 Å². The largest absolute Gasteiger partial charge is 0.485 e. The maximum atomic E-state index is 14.4. The fraction of sp³-hybridized carbons (Fsp3) is 0.300. The van der Waals surface area contributed by atoms with Crippen LogP contribution in [0.25, 0.3) is 10.9 Å². The molecule has 3 nitrogen and oxygen atoms in total. The number of nitrogens with one attached hydrogen (secondary N) is 1. The highest BCUT2D eigenvalue weighted by atomic mass is 19.1. The first kappa shape index (κ1) is 16.5. The van der Waals surface area contributed by atoms with E-state index in [-0.39, 0.29) is 5.82 Å². The minimum atomic E-state index is -0.313. The van der Waals surface area contributed by atoms with Gasteiger partial charge < -0.3 is 14.6 Å². The Morgan fingerprint density at radius 2 is 1.88 bits per heavy atom. The van der Waals surface area contributed by atoms with E-state index in [2.05, 4.69) is 11.5 Å².